The van der Waals surface area contributed by atoms with Gasteiger partial charge in [0.25, 0.3) is 0 Å². The summed E-state index contributed by atoms with van der Waals surface area (Å²) in [5.41, 5.74) is 0. The Morgan fingerprint density at radius 1 is 1.67 bits per heavy atom. The second-order valence-corrected chi connectivity index (χ2v) is 2.45. The number of hydrogen-bond acceptors (Lipinski definition) is 1. The predicted octanol–water partition coefficient (Wildman–Crippen LogP) is 2.67. The van der Waals surface area contributed by atoms with Crippen LogP contribution in [-0.2, 0) is 0 Å². The van der Waals surface area contributed by atoms with Crippen molar-refractivity contribution < 1.29 is 0 Å². The van der Waals surface area contributed by atoms with Gasteiger partial charge in [0, 0.05) is 5.75 Å². The lowest BCUT2D eigenvalue weighted by Crippen LogP contribution is -1.68. The van der Waals surface area contributed by atoms with Gasteiger partial charge in [-0.1, -0.05) is 24.3 Å². The molecule has 0 aliphatic carbocycles. The number of hydrogen-bond donors (Lipinski definition) is 0. The maximum atomic E-state index is 5.30. The van der Waals surface area contributed by atoms with Crippen molar-refractivity contribution in [2.24, 2.45) is 0 Å². The van der Waals surface area contributed by atoms with Gasteiger partial charge in [0.2, 0.25) is 0 Å². The van der Waals surface area contributed by atoms with E-state index in [0.717, 1.165) is 5.75 Å². The van der Waals surface area contributed by atoms with Crippen LogP contribution >= 0.6 is 21.7 Å². The molecule has 0 amide bonds. The van der Waals surface area contributed by atoms with Crippen LogP contribution in [0.2, 0.25) is 0 Å². The van der Waals surface area contributed by atoms with Gasteiger partial charge in [-0.15, -0.1) is 0 Å². The second kappa shape index (κ2) is 5.64. The highest BCUT2D eigenvalue weighted by Crippen LogP contribution is 2.07. The summed E-state index contributed by atoms with van der Waals surface area (Å²) in [6, 6.07) is 0. The van der Waals surface area contributed by atoms with Crippen molar-refractivity contribution in [3.05, 3.63) is 0 Å². The lowest BCUT2D eigenvalue weighted by molar-refractivity contribution is 0.898. The van der Waals surface area contributed by atoms with Crippen molar-refractivity contribution in [3.63, 3.8) is 0 Å². The minimum atomic E-state index is 1.10. The molecule has 2 heteroatoms. The fourth-order valence-corrected chi connectivity index (χ4v) is 0.924. The highest BCUT2D eigenvalue weighted by atomic mass is 35.7. The molecule has 0 radical (unpaired) electrons. The molecule has 0 unspecified atom stereocenters. The Morgan fingerprint density at radius 3 is 2.50 bits per heavy atom. The molecule has 0 bridgehead atoms. The first-order valence-corrected chi connectivity index (χ1v) is 3.96. The smallest absolute Gasteiger partial charge is 0.00851 e. The zero-order valence-corrected chi connectivity index (χ0v) is 5.48. The van der Waals surface area contributed by atoms with E-state index in [1.807, 2.05) is 0 Å². The summed E-state index contributed by atoms with van der Waals surface area (Å²) in [7, 11) is 6.70. The van der Waals surface area contributed by atoms with E-state index in [9.17, 15) is 0 Å². The van der Waals surface area contributed by atoms with Crippen molar-refractivity contribution in [2.45, 2.75) is 19.8 Å². The van der Waals surface area contributed by atoms with Crippen molar-refractivity contribution >= 4 is 21.7 Å². The molecule has 0 fully saturated rings. The molecule has 0 rings (SSSR count). The molecule has 0 N–H and O–H groups in total. The van der Waals surface area contributed by atoms with E-state index in [4.69, 9.17) is 10.7 Å². The number of rotatable bonds is 3. The standard InChI is InChI=1S/C4H9ClS/c1-2-3-4-6-5/h2-4H2,1H3. The average Bonchev–Trinajstić information content (AvgIpc) is 1.61. The van der Waals surface area contributed by atoms with Gasteiger partial charge in [0.15, 0.2) is 0 Å². The first-order chi connectivity index (χ1) is 2.91. The van der Waals surface area contributed by atoms with E-state index in [1.54, 1.807) is 0 Å². The zero-order chi connectivity index (χ0) is 4.83. The monoisotopic (exact) mass is 124 g/mol. The van der Waals surface area contributed by atoms with Gasteiger partial charge < -0.3 is 0 Å². The molecule has 6 heavy (non-hydrogen) atoms. The average molecular weight is 125 g/mol. The lowest BCUT2D eigenvalue weighted by Gasteiger charge is -1.84. The van der Waals surface area contributed by atoms with Gasteiger partial charge in [-0.05, 0) is 17.1 Å². The molecule has 0 saturated carbocycles. The van der Waals surface area contributed by atoms with E-state index in [0.29, 0.717) is 0 Å². The Kier molecular flexibility index (Phi) is 6.24. The fraction of sp³-hybridized carbons (Fsp3) is 1.00. The maximum Gasteiger partial charge on any atom is 0.00851 e. The molecule has 0 aliphatic heterocycles. The van der Waals surface area contributed by atoms with Gasteiger partial charge in [0.05, 0.1) is 0 Å². The van der Waals surface area contributed by atoms with Gasteiger partial charge in [-0.2, -0.15) is 0 Å². The SMILES string of the molecule is CCCCSCl. The summed E-state index contributed by atoms with van der Waals surface area (Å²) in [5.74, 6) is 1.10. The Bertz CT molecular complexity index is 19.5. The van der Waals surface area contributed by atoms with Crippen LogP contribution in [0.5, 0.6) is 0 Å². The van der Waals surface area contributed by atoms with Crippen molar-refractivity contribution in [2.75, 3.05) is 5.75 Å². The predicted molar refractivity (Wildman–Crippen MR) is 33.2 cm³/mol. The van der Waals surface area contributed by atoms with E-state index in [1.165, 1.54) is 23.8 Å². The van der Waals surface area contributed by atoms with E-state index in [2.05, 4.69) is 6.92 Å². The maximum absolute atomic E-state index is 5.30. The summed E-state index contributed by atoms with van der Waals surface area (Å²) >= 11 is 0. The third-order valence-electron chi connectivity index (χ3n) is 0.575. The van der Waals surface area contributed by atoms with Crippen LogP contribution in [0.3, 0.4) is 0 Å². The van der Waals surface area contributed by atoms with E-state index in [-0.39, 0.29) is 0 Å². The molecule has 0 aliphatic rings. The molecular weight excluding hydrogens is 116 g/mol. The second-order valence-electron chi connectivity index (χ2n) is 1.17. The third-order valence-corrected chi connectivity index (χ3v) is 1.48. The molecule has 0 spiro atoms. The highest BCUT2D eigenvalue weighted by molar-refractivity contribution is 8.21. The Balaban J connectivity index is 2.34. The minimum absolute atomic E-state index is 1.10. The molecule has 0 saturated heterocycles. The van der Waals surface area contributed by atoms with Gasteiger partial charge >= 0.3 is 0 Å². The van der Waals surface area contributed by atoms with Crippen LogP contribution < -0.4 is 0 Å². The topological polar surface area (TPSA) is 0 Å². The van der Waals surface area contributed by atoms with E-state index >= 15 is 0 Å². The minimum Gasteiger partial charge on any atom is -0.0654 e. The molecule has 0 aromatic heterocycles. The summed E-state index contributed by atoms with van der Waals surface area (Å²) in [4.78, 5) is 0. The normalized spacial score (nSPS) is 9.00. The number of unbranched alkanes of at least 4 members (excludes halogenated alkanes) is 1. The van der Waals surface area contributed by atoms with Crippen molar-refractivity contribution in [3.8, 4) is 0 Å². The highest BCUT2D eigenvalue weighted by Gasteiger charge is 1.77. The quantitative estimate of drug-likeness (QED) is 0.522. The third kappa shape index (κ3) is 4.64. The van der Waals surface area contributed by atoms with Crippen LogP contribution in [0.15, 0.2) is 0 Å². The van der Waals surface area contributed by atoms with Crippen LogP contribution in [0.4, 0.5) is 0 Å². The van der Waals surface area contributed by atoms with Crippen LogP contribution in [-0.4, -0.2) is 5.75 Å². The van der Waals surface area contributed by atoms with Crippen molar-refractivity contribution in [1.82, 2.24) is 0 Å². The fourth-order valence-electron chi connectivity index (χ4n) is 0.199. The molecule has 0 aromatic rings. The molecular formula is C4H9ClS. The molecule has 0 atom stereocenters. The number of halogens is 1. The van der Waals surface area contributed by atoms with Crippen molar-refractivity contribution in [1.29, 1.82) is 0 Å². The summed E-state index contributed by atoms with van der Waals surface area (Å²) < 4.78 is 0. The Hall–Kier alpha value is 0.640. The van der Waals surface area contributed by atoms with E-state index < -0.39 is 0 Å². The summed E-state index contributed by atoms with van der Waals surface area (Å²) in [5, 5.41) is 0. The Morgan fingerprint density at radius 2 is 2.33 bits per heavy atom. The van der Waals surface area contributed by atoms with Crippen LogP contribution in [0, 0.1) is 0 Å². The first-order valence-electron chi connectivity index (χ1n) is 2.15. The zero-order valence-electron chi connectivity index (χ0n) is 3.91. The van der Waals surface area contributed by atoms with Crippen LogP contribution in [0.1, 0.15) is 19.8 Å². The lowest BCUT2D eigenvalue weighted by atomic mass is 10.4. The van der Waals surface area contributed by atoms with Gasteiger partial charge in [-0.3, -0.25) is 0 Å². The molecule has 0 nitrogen and oxygen atoms in total. The van der Waals surface area contributed by atoms with Gasteiger partial charge in [0.1, 0.15) is 0 Å². The van der Waals surface area contributed by atoms with Gasteiger partial charge in [-0.25, -0.2) is 0 Å². The summed E-state index contributed by atoms with van der Waals surface area (Å²) in [6.45, 7) is 2.16. The van der Waals surface area contributed by atoms with Crippen LogP contribution in [0.25, 0.3) is 0 Å². The largest absolute Gasteiger partial charge is 0.0654 e. The molecule has 38 valence electrons. The molecule has 0 heterocycles. The molecule has 0 aromatic carbocycles. The Labute approximate surface area is 47.8 Å². The summed E-state index contributed by atoms with van der Waals surface area (Å²) in [6.07, 6.45) is 2.49. The first kappa shape index (κ1) is 6.64.